The first kappa shape index (κ1) is 6.75. The molecule has 8 heavy (non-hydrogen) atoms. The lowest BCUT2D eigenvalue weighted by Gasteiger charge is -1.78. The number of rotatable bonds is 2. The fourth-order valence-corrected chi connectivity index (χ4v) is 0.206. The Morgan fingerprint density at radius 3 is 2.50 bits per heavy atom. The van der Waals surface area contributed by atoms with Crippen molar-refractivity contribution in [3.8, 4) is 0 Å². The zero-order valence-electron chi connectivity index (χ0n) is 4.37. The Balaban J connectivity index is 3.74. The van der Waals surface area contributed by atoms with E-state index in [2.05, 4.69) is 0 Å². The molecular weight excluding hydrogens is 104 g/mol. The minimum atomic E-state index is 0.173. The molecule has 0 heterocycles. The molecule has 4 N–H and O–H groups in total. The second-order valence-electron chi connectivity index (χ2n) is 1.17. The molecule has 0 amide bonds. The van der Waals surface area contributed by atoms with E-state index in [0.717, 1.165) is 0 Å². The number of hydrogen-bond donors (Lipinski definition) is 2. The quantitative estimate of drug-likeness (QED) is 0.287. The van der Waals surface area contributed by atoms with E-state index in [-0.39, 0.29) is 5.70 Å². The van der Waals surface area contributed by atoms with Crippen molar-refractivity contribution in [1.29, 1.82) is 0 Å². The number of allylic oxidation sites excluding steroid dienone is 3. The van der Waals surface area contributed by atoms with Crippen molar-refractivity contribution in [2.24, 2.45) is 11.5 Å². The molecule has 0 radical (unpaired) electrons. The first-order valence-corrected chi connectivity index (χ1v) is 2.10. The Morgan fingerprint density at radius 2 is 2.12 bits per heavy atom. The Morgan fingerprint density at radius 1 is 1.50 bits per heavy atom. The van der Waals surface area contributed by atoms with Gasteiger partial charge in [0.25, 0.3) is 0 Å². The summed E-state index contributed by atoms with van der Waals surface area (Å²) >= 11 is 0. The molecule has 3 nitrogen and oxygen atoms in total. The van der Waals surface area contributed by atoms with Gasteiger partial charge in [-0.1, -0.05) is 0 Å². The Bertz CT molecular complexity index is 126. The van der Waals surface area contributed by atoms with E-state index >= 15 is 0 Å². The Labute approximate surface area is 47.7 Å². The number of carbonyl (C=O) groups excluding carboxylic acids is 1. The maximum absolute atomic E-state index is 9.74. The predicted octanol–water partition coefficient (Wildman–Crippen LogP) is -0.500. The molecule has 0 bridgehead atoms. The van der Waals surface area contributed by atoms with E-state index in [1.54, 1.807) is 0 Å². The van der Waals surface area contributed by atoms with Crippen molar-refractivity contribution in [1.82, 2.24) is 0 Å². The standard InChI is InChI=1S/C5H8N2O/c6-3-1-2-5(7)4-8/h1-4H,6-7H2/b3-1-,5-2-. The zero-order chi connectivity index (χ0) is 6.41. The summed E-state index contributed by atoms with van der Waals surface area (Å²) in [6.07, 6.45) is 4.77. The van der Waals surface area contributed by atoms with Gasteiger partial charge >= 0.3 is 0 Å². The lowest BCUT2D eigenvalue weighted by Crippen LogP contribution is -1.96. The third kappa shape index (κ3) is 2.96. The Kier molecular flexibility index (Phi) is 3.31. The zero-order valence-corrected chi connectivity index (χ0v) is 4.37. The summed E-state index contributed by atoms with van der Waals surface area (Å²) in [7, 11) is 0. The molecule has 0 aliphatic rings. The minimum absolute atomic E-state index is 0.173. The maximum atomic E-state index is 9.74. The molecule has 44 valence electrons. The van der Waals surface area contributed by atoms with Gasteiger partial charge in [0.05, 0.1) is 5.70 Å². The topological polar surface area (TPSA) is 69.1 Å². The lowest BCUT2D eigenvalue weighted by atomic mass is 10.4. The van der Waals surface area contributed by atoms with Crippen molar-refractivity contribution in [3.05, 3.63) is 24.0 Å². The summed E-state index contributed by atoms with van der Waals surface area (Å²) in [4.78, 5) is 9.74. The van der Waals surface area contributed by atoms with Gasteiger partial charge in [0.2, 0.25) is 0 Å². The lowest BCUT2D eigenvalue weighted by molar-refractivity contribution is -0.104. The average Bonchev–Trinajstić information content (AvgIpc) is 1.83. The third-order valence-corrected chi connectivity index (χ3v) is 0.536. The van der Waals surface area contributed by atoms with Gasteiger partial charge in [-0.15, -0.1) is 0 Å². The van der Waals surface area contributed by atoms with Crippen molar-refractivity contribution in [2.45, 2.75) is 0 Å². The molecule has 0 saturated carbocycles. The van der Waals surface area contributed by atoms with Gasteiger partial charge in [-0.05, 0) is 18.4 Å². The smallest absolute Gasteiger partial charge is 0.165 e. The van der Waals surface area contributed by atoms with Crippen LogP contribution in [0, 0.1) is 0 Å². The highest BCUT2D eigenvalue weighted by atomic mass is 16.1. The normalized spacial score (nSPS) is 12.2. The first-order valence-electron chi connectivity index (χ1n) is 2.10. The molecule has 0 unspecified atom stereocenters. The van der Waals surface area contributed by atoms with Gasteiger partial charge in [-0.25, -0.2) is 0 Å². The molecular formula is C5H8N2O. The van der Waals surface area contributed by atoms with Crippen LogP contribution in [-0.4, -0.2) is 6.29 Å². The second kappa shape index (κ2) is 3.92. The van der Waals surface area contributed by atoms with E-state index in [0.29, 0.717) is 6.29 Å². The van der Waals surface area contributed by atoms with Gasteiger partial charge in [-0.3, -0.25) is 4.79 Å². The number of nitrogens with two attached hydrogens (primary N) is 2. The van der Waals surface area contributed by atoms with Crippen LogP contribution < -0.4 is 11.5 Å². The molecule has 0 atom stereocenters. The highest BCUT2D eigenvalue weighted by molar-refractivity contribution is 5.72. The summed E-state index contributed by atoms with van der Waals surface area (Å²) in [6.45, 7) is 0. The van der Waals surface area contributed by atoms with Gasteiger partial charge in [0, 0.05) is 0 Å². The van der Waals surface area contributed by atoms with E-state index < -0.39 is 0 Å². The van der Waals surface area contributed by atoms with Crippen LogP contribution in [0.4, 0.5) is 0 Å². The van der Waals surface area contributed by atoms with E-state index in [1.807, 2.05) is 0 Å². The molecule has 0 aromatic carbocycles. The van der Waals surface area contributed by atoms with Crippen molar-refractivity contribution in [2.75, 3.05) is 0 Å². The molecule has 0 aromatic rings. The number of hydrogen-bond acceptors (Lipinski definition) is 3. The summed E-state index contributed by atoms with van der Waals surface area (Å²) in [5.74, 6) is 0. The fourth-order valence-electron chi connectivity index (χ4n) is 0.206. The molecule has 0 spiro atoms. The van der Waals surface area contributed by atoms with Crippen LogP contribution in [0.5, 0.6) is 0 Å². The number of aldehydes is 1. The largest absolute Gasteiger partial charge is 0.405 e. The van der Waals surface area contributed by atoms with Crippen LogP contribution >= 0.6 is 0 Å². The number of carbonyl (C=O) groups is 1. The van der Waals surface area contributed by atoms with Crippen LogP contribution in [-0.2, 0) is 4.79 Å². The summed E-state index contributed by atoms with van der Waals surface area (Å²) in [5, 5.41) is 0. The maximum Gasteiger partial charge on any atom is 0.165 e. The molecule has 3 heteroatoms. The molecule has 0 rings (SSSR count). The van der Waals surface area contributed by atoms with Crippen LogP contribution in [0.2, 0.25) is 0 Å². The van der Waals surface area contributed by atoms with Gasteiger partial charge in [0.15, 0.2) is 6.29 Å². The minimum Gasteiger partial charge on any atom is -0.405 e. The highest BCUT2D eigenvalue weighted by Gasteiger charge is 1.75. The van der Waals surface area contributed by atoms with Gasteiger partial charge < -0.3 is 11.5 Å². The van der Waals surface area contributed by atoms with Crippen LogP contribution in [0.1, 0.15) is 0 Å². The molecule has 0 aliphatic carbocycles. The molecule has 0 fully saturated rings. The van der Waals surface area contributed by atoms with Crippen molar-refractivity contribution < 1.29 is 4.79 Å². The first-order chi connectivity index (χ1) is 3.81. The van der Waals surface area contributed by atoms with Crippen molar-refractivity contribution >= 4 is 6.29 Å². The molecule has 0 aromatic heterocycles. The summed E-state index contributed by atoms with van der Waals surface area (Å²) in [5.41, 5.74) is 10.2. The second-order valence-corrected chi connectivity index (χ2v) is 1.17. The average molecular weight is 112 g/mol. The molecule has 0 aliphatic heterocycles. The molecule has 0 saturated heterocycles. The summed E-state index contributed by atoms with van der Waals surface area (Å²) in [6, 6.07) is 0. The van der Waals surface area contributed by atoms with Crippen LogP contribution in [0.25, 0.3) is 0 Å². The monoisotopic (exact) mass is 112 g/mol. The van der Waals surface area contributed by atoms with E-state index in [4.69, 9.17) is 11.5 Å². The van der Waals surface area contributed by atoms with Crippen LogP contribution in [0.3, 0.4) is 0 Å². The Hall–Kier alpha value is -1.25. The third-order valence-electron chi connectivity index (χ3n) is 0.536. The van der Waals surface area contributed by atoms with Gasteiger partial charge in [0.1, 0.15) is 0 Å². The van der Waals surface area contributed by atoms with Crippen molar-refractivity contribution in [3.63, 3.8) is 0 Å². The van der Waals surface area contributed by atoms with E-state index in [1.165, 1.54) is 18.4 Å². The fraction of sp³-hybridized carbons (Fsp3) is 0. The highest BCUT2D eigenvalue weighted by Crippen LogP contribution is 1.75. The predicted molar refractivity (Wildman–Crippen MR) is 31.7 cm³/mol. The SMILES string of the molecule is N/C=C\C=C(/N)C=O. The summed E-state index contributed by atoms with van der Waals surface area (Å²) < 4.78 is 0. The van der Waals surface area contributed by atoms with E-state index in [9.17, 15) is 4.79 Å². The van der Waals surface area contributed by atoms with Gasteiger partial charge in [-0.2, -0.15) is 0 Å². The van der Waals surface area contributed by atoms with Crippen LogP contribution in [0.15, 0.2) is 24.0 Å².